The molecule has 0 atom stereocenters. The third-order valence-electron chi connectivity index (χ3n) is 2.23. The Morgan fingerprint density at radius 1 is 1.44 bits per heavy atom. The molecule has 16 heavy (non-hydrogen) atoms. The van der Waals surface area contributed by atoms with Crippen LogP contribution in [0.1, 0.15) is 19.8 Å². The summed E-state index contributed by atoms with van der Waals surface area (Å²) >= 11 is 0. The summed E-state index contributed by atoms with van der Waals surface area (Å²) in [6, 6.07) is 9.80. The van der Waals surface area contributed by atoms with Crippen LogP contribution in [0.15, 0.2) is 43.0 Å². The standard InChI is InChI=1S/C13H18N2O/c1-3-5-11-15(14-13(16)4-2)12-9-7-6-8-10-12/h4,6-10H,2-3,5,11H2,1H3,(H,14,16). The maximum absolute atomic E-state index is 11.3. The first-order valence-corrected chi connectivity index (χ1v) is 5.53. The number of carbonyl (C=O) groups excluding carboxylic acids is 1. The average Bonchev–Trinajstić information content (AvgIpc) is 2.35. The predicted molar refractivity (Wildman–Crippen MR) is 67.0 cm³/mol. The van der Waals surface area contributed by atoms with Gasteiger partial charge in [-0.05, 0) is 24.6 Å². The van der Waals surface area contributed by atoms with E-state index < -0.39 is 0 Å². The zero-order chi connectivity index (χ0) is 11.8. The van der Waals surface area contributed by atoms with E-state index in [1.54, 1.807) is 0 Å². The van der Waals surface area contributed by atoms with Crippen molar-refractivity contribution in [3.63, 3.8) is 0 Å². The maximum atomic E-state index is 11.3. The Morgan fingerprint density at radius 2 is 2.12 bits per heavy atom. The van der Waals surface area contributed by atoms with Crippen LogP contribution in [0.25, 0.3) is 0 Å². The molecule has 0 unspecified atom stereocenters. The lowest BCUT2D eigenvalue weighted by molar-refractivity contribution is -0.116. The summed E-state index contributed by atoms with van der Waals surface area (Å²) in [6.45, 7) is 6.38. The first-order valence-electron chi connectivity index (χ1n) is 5.53. The number of nitrogens with one attached hydrogen (secondary N) is 1. The molecule has 0 aromatic heterocycles. The fourth-order valence-electron chi connectivity index (χ4n) is 1.35. The first-order chi connectivity index (χ1) is 7.77. The Hall–Kier alpha value is -1.77. The van der Waals surface area contributed by atoms with E-state index in [9.17, 15) is 4.79 Å². The molecule has 1 rings (SSSR count). The number of hydrazine groups is 1. The largest absolute Gasteiger partial charge is 0.285 e. The van der Waals surface area contributed by atoms with Crippen LogP contribution in [0.5, 0.6) is 0 Å². The van der Waals surface area contributed by atoms with E-state index in [0.29, 0.717) is 0 Å². The molecule has 3 heteroatoms. The number of anilines is 1. The third-order valence-corrected chi connectivity index (χ3v) is 2.23. The molecular formula is C13H18N2O. The number of hydrogen-bond acceptors (Lipinski definition) is 2. The molecule has 1 N–H and O–H groups in total. The Morgan fingerprint density at radius 3 is 2.69 bits per heavy atom. The van der Waals surface area contributed by atoms with E-state index >= 15 is 0 Å². The van der Waals surface area contributed by atoms with Gasteiger partial charge in [-0.3, -0.25) is 15.2 Å². The zero-order valence-corrected chi connectivity index (χ0v) is 9.65. The van der Waals surface area contributed by atoms with Crippen LogP contribution in [0, 0.1) is 0 Å². The fraction of sp³-hybridized carbons (Fsp3) is 0.308. The SMILES string of the molecule is C=CC(=O)NN(CCCC)c1ccccc1. The molecule has 3 nitrogen and oxygen atoms in total. The minimum absolute atomic E-state index is 0.181. The fourth-order valence-corrected chi connectivity index (χ4v) is 1.35. The molecule has 0 aliphatic heterocycles. The van der Waals surface area contributed by atoms with Gasteiger partial charge in [0, 0.05) is 6.54 Å². The van der Waals surface area contributed by atoms with E-state index in [1.165, 1.54) is 6.08 Å². The van der Waals surface area contributed by atoms with Gasteiger partial charge in [0.1, 0.15) is 0 Å². The lowest BCUT2D eigenvalue weighted by atomic mass is 10.3. The first kappa shape index (κ1) is 12.3. The number of benzene rings is 1. The van der Waals surface area contributed by atoms with Crippen LogP contribution in [-0.2, 0) is 4.79 Å². The Balaban J connectivity index is 2.70. The highest BCUT2D eigenvalue weighted by atomic mass is 16.2. The van der Waals surface area contributed by atoms with Gasteiger partial charge in [0.15, 0.2) is 0 Å². The average molecular weight is 218 g/mol. The van der Waals surface area contributed by atoms with Crippen LogP contribution >= 0.6 is 0 Å². The number of amides is 1. The molecule has 0 saturated heterocycles. The van der Waals surface area contributed by atoms with Crippen molar-refractivity contribution in [3.8, 4) is 0 Å². The predicted octanol–water partition coefficient (Wildman–Crippen LogP) is 2.51. The molecule has 0 heterocycles. The van der Waals surface area contributed by atoms with E-state index in [4.69, 9.17) is 0 Å². The second-order valence-corrected chi connectivity index (χ2v) is 3.52. The van der Waals surface area contributed by atoms with Crippen LogP contribution in [0.2, 0.25) is 0 Å². The van der Waals surface area contributed by atoms with Gasteiger partial charge in [-0.2, -0.15) is 0 Å². The van der Waals surface area contributed by atoms with Crippen molar-refractivity contribution in [3.05, 3.63) is 43.0 Å². The highest BCUT2D eigenvalue weighted by molar-refractivity contribution is 5.88. The molecule has 0 bridgehead atoms. The second kappa shape index (κ2) is 6.67. The number of unbranched alkanes of at least 4 members (excludes halogenated alkanes) is 1. The Kier molecular flexibility index (Phi) is 5.12. The van der Waals surface area contributed by atoms with E-state index in [1.807, 2.05) is 35.3 Å². The van der Waals surface area contributed by atoms with Crippen LogP contribution in [0.3, 0.4) is 0 Å². The van der Waals surface area contributed by atoms with Crippen LogP contribution < -0.4 is 10.4 Å². The summed E-state index contributed by atoms with van der Waals surface area (Å²) in [5, 5.41) is 1.85. The van der Waals surface area contributed by atoms with Crippen LogP contribution in [-0.4, -0.2) is 12.5 Å². The number of rotatable bonds is 6. The molecule has 0 saturated carbocycles. The summed E-state index contributed by atoms with van der Waals surface area (Å²) in [5.41, 5.74) is 3.79. The molecule has 0 aliphatic rings. The van der Waals surface area contributed by atoms with Crippen molar-refractivity contribution in [1.29, 1.82) is 0 Å². The molecule has 0 fully saturated rings. The Labute approximate surface area is 96.7 Å². The van der Waals surface area contributed by atoms with Crippen molar-refractivity contribution >= 4 is 11.6 Å². The normalized spacial score (nSPS) is 9.56. The zero-order valence-electron chi connectivity index (χ0n) is 9.65. The van der Waals surface area contributed by atoms with Gasteiger partial charge in [-0.1, -0.05) is 38.1 Å². The van der Waals surface area contributed by atoms with Crippen molar-refractivity contribution < 1.29 is 4.79 Å². The molecule has 1 amide bonds. The third kappa shape index (κ3) is 3.77. The topological polar surface area (TPSA) is 32.3 Å². The van der Waals surface area contributed by atoms with Gasteiger partial charge >= 0.3 is 0 Å². The molecule has 0 aliphatic carbocycles. The van der Waals surface area contributed by atoms with E-state index in [0.717, 1.165) is 25.1 Å². The van der Waals surface area contributed by atoms with Crippen molar-refractivity contribution in [2.45, 2.75) is 19.8 Å². The van der Waals surface area contributed by atoms with Crippen molar-refractivity contribution in [2.24, 2.45) is 0 Å². The minimum atomic E-state index is -0.181. The van der Waals surface area contributed by atoms with Gasteiger partial charge in [0.2, 0.25) is 0 Å². The van der Waals surface area contributed by atoms with Gasteiger partial charge in [-0.25, -0.2) is 0 Å². The smallest absolute Gasteiger partial charge is 0.261 e. The van der Waals surface area contributed by atoms with Crippen LogP contribution in [0.4, 0.5) is 5.69 Å². The Bertz CT molecular complexity index is 335. The molecule has 1 aromatic rings. The lowest BCUT2D eigenvalue weighted by Gasteiger charge is -2.24. The monoisotopic (exact) mass is 218 g/mol. The quantitative estimate of drug-likeness (QED) is 0.587. The van der Waals surface area contributed by atoms with E-state index in [-0.39, 0.29) is 5.91 Å². The van der Waals surface area contributed by atoms with Crippen molar-refractivity contribution in [2.75, 3.05) is 11.6 Å². The summed E-state index contributed by atoms with van der Waals surface area (Å²) in [6.07, 6.45) is 3.40. The summed E-state index contributed by atoms with van der Waals surface area (Å²) in [5.74, 6) is -0.181. The summed E-state index contributed by atoms with van der Waals surface area (Å²) in [7, 11) is 0. The lowest BCUT2D eigenvalue weighted by Crippen LogP contribution is -2.42. The second-order valence-electron chi connectivity index (χ2n) is 3.52. The van der Waals surface area contributed by atoms with Gasteiger partial charge in [-0.15, -0.1) is 0 Å². The minimum Gasteiger partial charge on any atom is -0.285 e. The molecule has 0 radical (unpaired) electrons. The molecular weight excluding hydrogens is 200 g/mol. The van der Waals surface area contributed by atoms with Gasteiger partial charge < -0.3 is 0 Å². The highest BCUT2D eigenvalue weighted by Crippen LogP contribution is 2.11. The van der Waals surface area contributed by atoms with Gasteiger partial charge in [0.25, 0.3) is 5.91 Å². The molecule has 1 aromatic carbocycles. The number of para-hydroxylation sites is 1. The number of hydrogen-bond donors (Lipinski definition) is 1. The highest BCUT2D eigenvalue weighted by Gasteiger charge is 2.06. The number of nitrogens with zero attached hydrogens (tertiary/aromatic N) is 1. The van der Waals surface area contributed by atoms with E-state index in [2.05, 4.69) is 18.9 Å². The molecule has 86 valence electrons. The number of carbonyl (C=O) groups is 1. The van der Waals surface area contributed by atoms with Gasteiger partial charge in [0.05, 0.1) is 5.69 Å². The van der Waals surface area contributed by atoms with Crippen molar-refractivity contribution in [1.82, 2.24) is 5.43 Å². The summed E-state index contributed by atoms with van der Waals surface area (Å²) in [4.78, 5) is 11.3. The summed E-state index contributed by atoms with van der Waals surface area (Å²) < 4.78 is 0. The molecule has 0 spiro atoms. The maximum Gasteiger partial charge on any atom is 0.261 e.